The molecule has 1 aromatic carbocycles. The number of rotatable bonds is 20. The lowest BCUT2D eigenvalue weighted by Crippen LogP contribution is -2.45. The van der Waals surface area contributed by atoms with Crippen molar-refractivity contribution in [1.82, 2.24) is 0 Å². The summed E-state index contributed by atoms with van der Waals surface area (Å²) in [5.41, 5.74) is 0.945. The molecule has 0 aliphatic carbocycles. The van der Waals surface area contributed by atoms with Crippen molar-refractivity contribution in [2.45, 2.75) is 78.7 Å². The van der Waals surface area contributed by atoms with Crippen LogP contribution in [0.1, 0.15) is 78.2 Å². The highest BCUT2D eigenvalue weighted by atomic mass is 28.4. The highest BCUT2D eigenvalue weighted by molar-refractivity contribution is 6.60. The lowest BCUT2D eigenvalue weighted by molar-refractivity contribution is -0.137. The van der Waals surface area contributed by atoms with E-state index in [2.05, 4.69) is 6.92 Å². The third kappa shape index (κ3) is 13.6. The van der Waals surface area contributed by atoms with Gasteiger partial charge in [0.15, 0.2) is 0 Å². The van der Waals surface area contributed by atoms with Crippen molar-refractivity contribution in [3.63, 3.8) is 0 Å². The fourth-order valence-corrected chi connectivity index (χ4v) is 6.12. The molecule has 0 radical (unpaired) electrons. The molecular weight excluding hydrogens is 436 g/mol. The van der Waals surface area contributed by atoms with E-state index in [9.17, 15) is 4.79 Å². The van der Waals surface area contributed by atoms with Crippen LogP contribution in [0, 0.1) is 0 Å². The van der Waals surface area contributed by atoms with Crippen LogP contribution in [0.25, 0.3) is 6.08 Å². The van der Waals surface area contributed by atoms with Gasteiger partial charge < -0.3 is 22.8 Å². The molecule has 0 unspecified atom stereocenters. The quantitative estimate of drug-likeness (QED) is 0.0928. The van der Waals surface area contributed by atoms with Gasteiger partial charge in [-0.1, -0.05) is 44.7 Å². The molecule has 0 aliphatic heterocycles. The van der Waals surface area contributed by atoms with E-state index >= 15 is 0 Å². The predicted molar refractivity (Wildman–Crippen MR) is 135 cm³/mol. The minimum atomic E-state index is -2.50. The molecule has 0 fully saturated rings. The number of hydrogen-bond acceptors (Lipinski definition) is 6. The maximum Gasteiger partial charge on any atom is 0.500 e. The van der Waals surface area contributed by atoms with E-state index in [1.807, 2.05) is 45.0 Å². The van der Waals surface area contributed by atoms with E-state index in [0.29, 0.717) is 33.0 Å². The van der Waals surface area contributed by atoms with E-state index < -0.39 is 8.80 Å². The maximum atomic E-state index is 11.9. The van der Waals surface area contributed by atoms with Crippen molar-refractivity contribution in [2.75, 3.05) is 33.0 Å². The monoisotopic (exact) mass is 480 g/mol. The van der Waals surface area contributed by atoms with Gasteiger partial charge in [-0.3, -0.25) is 0 Å². The van der Waals surface area contributed by atoms with Crippen molar-refractivity contribution >= 4 is 20.8 Å². The molecule has 33 heavy (non-hydrogen) atoms. The maximum absolute atomic E-state index is 11.9. The third-order valence-corrected chi connectivity index (χ3v) is 8.13. The summed E-state index contributed by atoms with van der Waals surface area (Å²) >= 11 is 0. The first kappa shape index (κ1) is 29.4. The Bertz CT molecular complexity index is 630. The Balaban J connectivity index is 2.13. The summed E-state index contributed by atoms with van der Waals surface area (Å²) in [7, 11) is -2.50. The van der Waals surface area contributed by atoms with E-state index in [4.69, 9.17) is 22.8 Å². The van der Waals surface area contributed by atoms with Crippen LogP contribution in [0.15, 0.2) is 30.3 Å². The highest BCUT2D eigenvalue weighted by Crippen LogP contribution is 2.20. The summed E-state index contributed by atoms with van der Waals surface area (Å²) < 4.78 is 28.5. The Hall–Kier alpha value is -1.67. The van der Waals surface area contributed by atoms with Gasteiger partial charge in [-0.05, 0) is 63.8 Å². The van der Waals surface area contributed by atoms with Gasteiger partial charge in [0.25, 0.3) is 0 Å². The molecule has 0 amide bonds. The zero-order chi connectivity index (χ0) is 24.2. The second-order valence-corrected chi connectivity index (χ2v) is 10.5. The average Bonchev–Trinajstić information content (AvgIpc) is 2.81. The normalized spacial score (nSPS) is 11.8. The molecule has 0 saturated carbocycles. The van der Waals surface area contributed by atoms with E-state index in [-0.39, 0.29) is 5.97 Å². The second-order valence-electron chi connectivity index (χ2n) is 7.77. The fourth-order valence-electron chi connectivity index (χ4n) is 3.43. The van der Waals surface area contributed by atoms with E-state index in [1.54, 1.807) is 6.08 Å². The standard InChI is InChI=1S/C26H44O6Si/c1-5-21-28-25-18-15-24(16-19-25)17-20-26(27)29-22-13-11-9-10-12-14-23-33(30-6-2,31-7-3)32-8-4/h15-20H,5-14,21-23H2,1-4H3/b20-17+. The van der Waals surface area contributed by atoms with Gasteiger partial charge in [0, 0.05) is 31.9 Å². The van der Waals surface area contributed by atoms with Crippen LogP contribution >= 0.6 is 0 Å². The summed E-state index contributed by atoms with van der Waals surface area (Å²) in [4.78, 5) is 11.9. The summed E-state index contributed by atoms with van der Waals surface area (Å²) in [5.74, 6) is 0.543. The summed E-state index contributed by atoms with van der Waals surface area (Å²) in [6.45, 7) is 11.1. The van der Waals surface area contributed by atoms with E-state index in [0.717, 1.165) is 62.3 Å². The van der Waals surface area contributed by atoms with E-state index in [1.165, 1.54) is 6.08 Å². The van der Waals surface area contributed by atoms with Crippen molar-refractivity contribution in [1.29, 1.82) is 0 Å². The van der Waals surface area contributed by atoms with Crippen LogP contribution in [-0.2, 0) is 22.8 Å². The smallest absolute Gasteiger partial charge is 0.494 e. The van der Waals surface area contributed by atoms with Crippen LogP contribution in [0.2, 0.25) is 6.04 Å². The highest BCUT2D eigenvalue weighted by Gasteiger charge is 2.39. The number of carbonyl (C=O) groups excluding carboxylic acids is 1. The third-order valence-electron chi connectivity index (χ3n) is 4.98. The number of unbranched alkanes of at least 4 members (excludes halogenated alkanes) is 5. The van der Waals surface area contributed by atoms with Crippen LogP contribution in [0.5, 0.6) is 5.75 Å². The largest absolute Gasteiger partial charge is 0.500 e. The van der Waals surface area contributed by atoms with Gasteiger partial charge in [-0.15, -0.1) is 0 Å². The van der Waals surface area contributed by atoms with Crippen molar-refractivity contribution < 1.29 is 27.5 Å². The van der Waals surface area contributed by atoms with Crippen LogP contribution in [0.3, 0.4) is 0 Å². The first-order chi connectivity index (χ1) is 16.1. The molecule has 0 spiro atoms. The Morgan fingerprint density at radius 2 is 1.36 bits per heavy atom. The molecule has 6 nitrogen and oxygen atoms in total. The molecule has 7 heteroatoms. The number of hydrogen-bond donors (Lipinski definition) is 0. The van der Waals surface area contributed by atoms with Gasteiger partial charge in [0.05, 0.1) is 13.2 Å². The minimum absolute atomic E-state index is 0.301. The molecule has 0 saturated heterocycles. The number of carbonyl (C=O) groups is 1. The molecule has 1 aromatic rings. The zero-order valence-corrected chi connectivity index (χ0v) is 22.1. The van der Waals surface area contributed by atoms with Gasteiger partial charge in [-0.25, -0.2) is 4.79 Å². The summed E-state index contributed by atoms with van der Waals surface area (Å²) in [5, 5.41) is 0. The fraction of sp³-hybridized carbons (Fsp3) is 0.654. The van der Waals surface area contributed by atoms with Gasteiger partial charge in [-0.2, -0.15) is 0 Å². The van der Waals surface area contributed by atoms with Gasteiger partial charge in [0.1, 0.15) is 5.75 Å². The van der Waals surface area contributed by atoms with Gasteiger partial charge >= 0.3 is 14.8 Å². The molecule has 0 aliphatic rings. The zero-order valence-electron chi connectivity index (χ0n) is 21.1. The molecule has 0 bridgehead atoms. The Morgan fingerprint density at radius 3 is 1.94 bits per heavy atom. The second kappa shape index (κ2) is 18.7. The average molecular weight is 481 g/mol. The topological polar surface area (TPSA) is 63.2 Å². The Labute approximate surface area is 202 Å². The van der Waals surface area contributed by atoms with Crippen LogP contribution in [0.4, 0.5) is 0 Å². The Morgan fingerprint density at radius 1 is 0.788 bits per heavy atom. The molecule has 0 N–H and O–H groups in total. The SMILES string of the molecule is CCCOc1ccc(/C=C/C(=O)OCCCCCCCC[Si](OCC)(OCC)OCC)cc1. The van der Waals surface area contributed by atoms with Crippen molar-refractivity contribution in [3.05, 3.63) is 35.9 Å². The minimum Gasteiger partial charge on any atom is -0.494 e. The molecule has 0 atom stereocenters. The molecular formula is C26H44O6Si. The number of benzene rings is 1. The first-order valence-corrected chi connectivity index (χ1v) is 14.5. The first-order valence-electron chi connectivity index (χ1n) is 12.6. The van der Waals surface area contributed by atoms with Crippen LogP contribution < -0.4 is 4.74 Å². The van der Waals surface area contributed by atoms with Crippen molar-refractivity contribution in [2.24, 2.45) is 0 Å². The van der Waals surface area contributed by atoms with Gasteiger partial charge in [0.2, 0.25) is 0 Å². The molecule has 188 valence electrons. The lowest BCUT2D eigenvalue weighted by Gasteiger charge is -2.28. The van der Waals surface area contributed by atoms with Crippen molar-refractivity contribution in [3.8, 4) is 5.75 Å². The van der Waals surface area contributed by atoms with Crippen LogP contribution in [-0.4, -0.2) is 47.8 Å². The molecule has 1 rings (SSSR count). The molecule has 0 aromatic heterocycles. The number of ether oxygens (including phenoxy) is 2. The summed E-state index contributed by atoms with van der Waals surface area (Å²) in [6, 6.07) is 8.55. The molecule has 0 heterocycles. The summed E-state index contributed by atoms with van der Waals surface area (Å²) in [6.07, 6.45) is 10.6. The number of esters is 1. The lowest BCUT2D eigenvalue weighted by atomic mass is 10.1. The Kier molecular flexibility index (Phi) is 16.7. The predicted octanol–water partition coefficient (Wildman–Crippen LogP) is 6.42.